The third-order valence-electron chi connectivity index (χ3n) is 3.28. The Balaban J connectivity index is 3.10. The number of hydrogen-bond donors (Lipinski definition) is 1. The van der Waals surface area contributed by atoms with Crippen molar-refractivity contribution in [2.45, 2.75) is 40.0 Å². The lowest BCUT2D eigenvalue weighted by molar-refractivity contribution is 0.407. The fraction of sp³-hybridized carbons (Fsp3) is 0.600. The van der Waals surface area contributed by atoms with Gasteiger partial charge < -0.3 is 10.5 Å². The van der Waals surface area contributed by atoms with E-state index < -0.39 is 0 Å². The monoisotopic (exact) mass is 235 g/mol. The summed E-state index contributed by atoms with van der Waals surface area (Å²) in [7, 11) is 1.74. The second-order valence-corrected chi connectivity index (χ2v) is 5.22. The standard InChI is InChI=1S/C15H25NO/c1-10(2)14-8-13(6-11(3)9-16)12(4)7-15(14)17-5/h7-8,10-11H,6,9,16H2,1-5H3. The Kier molecular flexibility index (Phi) is 5.01. The van der Waals surface area contributed by atoms with E-state index in [9.17, 15) is 0 Å². The van der Waals surface area contributed by atoms with Crippen LogP contribution in [0.25, 0.3) is 0 Å². The predicted octanol–water partition coefficient (Wildman–Crippen LogP) is 3.26. The quantitative estimate of drug-likeness (QED) is 0.850. The Bertz CT molecular complexity index is 371. The Morgan fingerprint density at radius 2 is 1.88 bits per heavy atom. The van der Waals surface area contributed by atoms with Crippen molar-refractivity contribution in [1.82, 2.24) is 0 Å². The van der Waals surface area contributed by atoms with Crippen molar-refractivity contribution >= 4 is 0 Å². The number of nitrogens with two attached hydrogens (primary N) is 1. The first kappa shape index (κ1) is 14.0. The number of benzene rings is 1. The molecule has 0 bridgehead atoms. The van der Waals surface area contributed by atoms with Crippen LogP contribution >= 0.6 is 0 Å². The molecule has 0 spiro atoms. The van der Waals surface area contributed by atoms with Crippen LogP contribution < -0.4 is 10.5 Å². The molecule has 1 aromatic carbocycles. The molecule has 1 rings (SSSR count). The van der Waals surface area contributed by atoms with E-state index >= 15 is 0 Å². The van der Waals surface area contributed by atoms with Gasteiger partial charge in [-0.2, -0.15) is 0 Å². The summed E-state index contributed by atoms with van der Waals surface area (Å²) in [5.41, 5.74) is 9.68. The van der Waals surface area contributed by atoms with Gasteiger partial charge in [0.2, 0.25) is 0 Å². The molecule has 0 heterocycles. The molecule has 2 nitrogen and oxygen atoms in total. The van der Waals surface area contributed by atoms with Crippen molar-refractivity contribution in [3.63, 3.8) is 0 Å². The second-order valence-electron chi connectivity index (χ2n) is 5.22. The Morgan fingerprint density at radius 1 is 1.24 bits per heavy atom. The van der Waals surface area contributed by atoms with Crippen LogP contribution in [0.15, 0.2) is 12.1 Å². The van der Waals surface area contributed by atoms with Crippen LogP contribution in [0.4, 0.5) is 0 Å². The SMILES string of the molecule is COc1cc(C)c(CC(C)CN)cc1C(C)C. The van der Waals surface area contributed by atoms with E-state index in [2.05, 4.69) is 39.8 Å². The van der Waals surface area contributed by atoms with Crippen molar-refractivity contribution in [1.29, 1.82) is 0 Å². The highest BCUT2D eigenvalue weighted by atomic mass is 16.5. The van der Waals surface area contributed by atoms with Crippen molar-refractivity contribution in [2.24, 2.45) is 11.7 Å². The van der Waals surface area contributed by atoms with Gasteiger partial charge in [0.25, 0.3) is 0 Å². The fourth-order valence-corrected chi connectivity index (χ4v) is 2.05. The van der Waals surface area contributed by atoms with Crippen LogP contribution in [0.3, 0.4) is 0 Å². The van der Waals surface area contributed by atoms with Gasteiger partial charge in [-0.1, -0.05) is 26.8 Å². The molecule has 0 saturated carbocycles. The second kappa shape index (κ2) is 6.06. The molecule has 0 aliphatic heterocycles. The molecule has 2 heteroatoms. The summed E-state index contributed by atoms with van der Waals surface area (Å²) < 4.78 is 5.45. The van der Waals surface area contributed by atoms with Gasteiger partial charge in [0.15, 0.2) is 0 Å². The molecular formula is C15H25NO. The molecule has 0 aliphatic carbocycles. The van der Waals surface area contributed by atoms with Crippen LogP contribution in [0, 0.1) is 12.8 Å². The highest BCUT2D eigenvalue weighted by molar-refractivity contribution is 5.44. The van der Waals surface area contributed by atoms with E-state index in [0.29, 0.717) is 11.8 Å². The smallest absolute Gasteiger partial charge is 0.122 e. The normalized spacial score (nSPS) is 12.9. The van der Waals surface area contributed by atoms with E-state index in [1.807, 2.05) is 0 Å². The molecule has 0 amide bonds. The number of methoxy groups -OCH3 is 1. The summed E-state index contributed by atoms with van der Waals surface area (Å²) in [5.74, 6) is 2.02. The minimum Gasteiger partial charge on any atom is -0.496 e. The zero-order valence-corrected chi connectivity index (χ0v) is 11.7. The summed E-state index contributed by atoms with van der Waals surface area (Å²) >= 11 is 0. The van der Waals surface area contributed by atoms with E-state index in [1.54, 1.807) is 7.11 Å². The molecule has 96 valence electrons. The average molecular weight is 235 g/mol. The van der Waals surface area contributed by atoms with Gasteiger partial charge in [-0.05, 0) is 54.5 Å². The Hall–Kier alpha value is -1.02. The predicted molar refractivity (Wildman–Crippen MR) is 73.7 cm³/mol. The highest BCUT2D eigenvalue weighted by Gasteiger charge is 2.12. The van der Waals surface area contributed by atoms with Gasteiger partial charge in [0, 0.05) is 0 Å². The lowest BCUT2D eigenvalue weighted by Gasteiger charge is -2.17. The van der Waals surface area contributed by atoms with Crippen molar-refractivity contribution in [3.05, 3.63) is 28.8 Å². The molecule has 2 N–H and O–H groups in total. The van der Waals surface area contributed by atoms with Crippen molar-refractivity contribution in [2.75, 3.05) is 13.7 Å². The first-order valence-electron chi connectivity index (χ1n) is 6.37. The first-order valence-corrected chi connectivity index (χ1v) is 6.37. The van der Waals surface area contributed by atoms with Crippen LogP contribution in [-0.4, -0.2) is 13.7 Å². The summed E-state index contributed by atoms with van der Waals surface area (Å²) in [6, 6.07) is 4.43. The number of ether oxygens (including phenoxy) is 1. The first-order chi connectivity index (χ1) is 7.99. The van der Waals surface area contributed by atoms with Crippen LogP contribution in [0.2, 0.25) is 0 Å². The molecule has 0 aromatic heterocycles. The molecule has 1 unspecified atom stereocenters. The maximum Gasteiger partial charge on any atom is 0.122 e. The molecule has 17 heavy (non-hydrogen) atoms. The Labute approximate surface area is 105 Å². The maximum absolute atomic E-state index is 5.70. The third kappa shape index (κ3) is 3.47. The van der Waals surface area contributed by atoms with Crippen LogP contribution in [-0.2, 0) is 6.42 Å². The fourth-order valence-electron chi connectivity index (χ4n) is 2.05. The highest BCUT2D eigenvalue weighted by Crippen LogP contribution is 2.30. The van der Waals surface area contributed by atoms with Gasteiger partial charge in [-0.3, -0.25) is 0 Å². The largest absolute Gasteiger partial charge is 0.496 e. The van der Waals surface area contributed by atoms with Gasteiger partial charge >= 0.3 is 0 Å². The zero-order chi connectivity index (χ0) is 13.0. The summed E-state index contributed by atoms with van der Waals surface area (Å²) in [6.07, 6.45) is 1.05. The van der Waals surface area contributed by atoms with E-state index in [-0.39, 0.29) is 0 Å². The molecule has 0 aliphatic rings. The van der Waals surface area contributed by atoms with E-state index in [1.165, 1.54) is 16.7 Å². The minimum absolute atomic E-state index is 0.484. The average Bonchev–Trinajstić information content (AvgIpc) is 2.30. The lowest BCUT2D eigenvalue weighted by atomic mass is 9.92. The van der Waals surface area contributed by atoms with Crippen LogP contribution in [0.1, 0.15) is 43.4 Å². The maximum atomic E-state index is 5.70. The molecule has 0 radical (unpaired) electrons. The third-order valence-corrected chi connectivity index (χ3v) is 3.28. The summed E-state index contributed by atoms with van der Waals surface area (Å²) in [6.45, 7) is 9.47. The lowest BCUT2D eigenvalue weighted by Crippen LogP contribution is -2.14. The van der Waals surface area contributed by atoms with E-state index in [4.69, 9.17) is 10.5 Å². The molecule has 0 fully saturated rings. The van der Waals surface area contributed by atoms with Gasteiger partial charge in [0.1, 0.15) is 5.75 Å². The number of aryl methyl sites for hydroxylation is 1. The number of rotatable bonds is 5. The zero-order valence-electron chi connectivity index (χ0n) is 11.7. The Morgan fingerprint density at radius 3 is 2.35 bits per heavy atom. The summed E-state index contributed by atoms with van der Waals surface area (Å²) in [4.78, 5) is 0. The van der Waals surface area contributed by atoms with Gasteiger partial charge in [-0.25, -0.2) is 0 Å². The van der Waals surface area contributed by atoms with E-state index in [0.717, 1.165) is 18.7 Å². The van der Waals surface area contributed by atoms with Gasteiger partial charge in [0.05, 0.1) is 7.11 Å². The number of hydrogen-bond acceptors (Lipinski definition) is 2. The topological polar surface area (TPSA) is 35.2 Å². The van der Waals surface area contributed by atoms with Gasteiger partial charge in [-0.15, -0.1) is 0 Å². The molecule has 1 aromatic rings. The molecule has 0 saturated heterocycles. The van der Waals surface area contributed by atoms with Crippen molar-refractivity contribution in [3.8, 4) is 5.75 Å². The van der Waals surface area contributed by atoms with Crippen molar-refractivity contribution < 1.29 is 4.74 Å². The molecule has 1 atom stereocenters. The van der Waals surface area contributed by atoms with Crippen LogP contribution in [0.5, 0.6) is 5.75 Å². The minimum atomic E-state index is 0.484. The summed E-state index contributed by atoms with van der Waals surface area (Å²) in [5, 5.41) is 0. The molecular weight excluding hydrogens is 210 g/mol.